The molecule has 0 spiro atoms. The summed E-state index contributed by atoms with van der Waals surface area (Å²) in [5.74, 6) is 0.134. The van der Waals surface area contributed by atoms with E-state index in [9.17, 15) is 4.79 Å². The predicted octanol–water partition coefficient (Wildman–Crippen LogP) is 0.975. The lowest BCUT2D eigenvalue weighted by Gasteiger charge is -2.36. The van der Waals surface area contributed by atoms with Gasteiger partial charge in [0, 0.05) is 19.1 Å². The topological polar surface area (TPSA) is 44.4 Å². The fraction of sp³-hybridized carbons (Fsp3) is 0.923. The normalized spacial score (nSPS) is 24.9. The molecule has 1 saturated carbocycles. The van der Waals surface area contributed by atoms with E-state index in [-0.39, 0.29) is 5.91 Å². The van der Waals surface area contributed by atoms with Gasteiger partial charge in [0.05, 0.1) is 6.54 Å². The maximum atomic E-state index is 11.5. The number of nitrogens with one attached hydrogen (secondary N) is 2. The van der Waals surface area contributed by atoms with E-state index in [4.69, 9.17) is 0 Å². The molecule has 1 fully saturated rings. The van der Waals surface area contributed by atoms with Gasteiger partial charge in [0.1, 0.15) is 0 Å². The van der Waals surface area contributed by atoms with Gasteiger partial charge in [-0.25, -0.2) is 0 Å². The van der Waals surface area contributed by atoms with E-state index in [0.29, 0.717) is 18.6 Å². The summed E-state index contributed by atoms with van der Waals surface area (Å²) in [5.41, 5.74) is 0. The van der Waals surface area contributed by atoms with Crippen LogP contribution in [-0.4, -0.2) is 50.1 Å². The molecule has 1 aliphatic carbocycles. The third kappa shape index (κ3) is 4.64. The maximum absolute atomic E-state index is 11.5. The van der Waals surface area contributed by atoms with Gasteiger partial charge in [0.15, 0.2) is 0 Å². The van der Waals surface area contributed by atoms with Gasteiger partial charge in [-0.15, -0.1) is 0 Å². The summed E-state index contributed by atoms with van der Waals surface area (Å²) in [6.07, 6.45) is 6.00. The number of hydrogen-bond acceptors (Lipinski definition) is 3. The van der Waals surface area contributed by atoms with Crippen molar-refractivity contribution in [3.05, 3.63) is 0 Å². The Balaban J connectivity index is 2.44. The minimum Gasteiger partial charge on any atom is -0.358 e. The molecule has 0 radical (unpaired) electrons. The van der Waals surface area contributed by atoms with Crippen LogP contribution < -0.4 is 10.6 Å². The summed E-state index contributed by atoms with van der Waals surface area (Å²) in [6.45, 7) is 3.76. The van der Waals surface area contributed by atoms with Gasteiger partial charge < -0.3 is 10.6 Å². The van der Waals surface area contributed by atoms with Crippen molar-refractivity contribution in [2.75, 3.05) is 27.2 Å². The van der Waals surface area contributed by atoms with Crippen LogP contribution in [0.15, 0.2) is 0 Å². The third-order valence-electron chi connectivity index (χ3n) is 3.76. The van der Waals surface area contributed by atoms with Crippen LogP contribution in [0.3, 0.4) is 0 Å². The molecule has 17 heavy (non-hydrogen) atoms. The number of likely N-dealkylation sites (N-methyl/N-ethyl adjacent to an activating group) is 1. The Labute approximate surface area is 105 Å². The van der Waals surface area contributed by atoms with Crippen molar-refractivity contribution in [1.82, 2.24) is 15.5 Å². The van der Waals surface area contributed by atoms with E-state index in [1.54, 1.807) is 7.05 Å². The Hall–Kier alpha value is -0.610. The molecule has 0 atom stereocenters. The van der Waals surface area contributed by atoms with Crippen LogP contribution in [0.2, 0.25) is 0 Å². The first-order chi connectivity index (χ1) is 8.21. The Morgan fingerprint density at radius 3 is 2.35 bits per heavy atom. The number of hydrogen-bond donors (Lipinski definition) is 2. The fourth-order valence-electron chi connectivity index (χ4n) is 2.67. The molecule has 0 aromatic heterocycles. The molecular formula is C13H27N3O. The summed E-state index contributed by atoms with van der Waals surface area (Å²) in [6, 6.07) is 1.27. The van der Waals surface area contributed by atoms with Crippen molar-refractivity contribution in [3.63, 3.8) is 0 Å². The van der Waals surface area contributed by atoms with Crippen LogP contribution in [0.1, 0.15) is 39.0 Å². The minimum atomic E-state index is 0.134. The van der Waals surface area contributed by atoms with Crippen molar-refractivity contribution < 1.29 is 4.79 Å². The molecule has 0 bridgehead atoms. The van der Waals surface area contributed by atoms with Gasteiger partial charge in [-0.05, 0) is 45.7 Å². The molecule has 1 aliphatic rings. The Morgan fingerprint density at radius 2 is 1.88 bits per heavy atom. The van der Waals surface area contributed by atoms with Gasteiger partial charge in [0.25, 0.3) is 0 Å². The van der Waals surface area contributed by atoms with Gasteiger partial charge in [-0.3, -0.25) is 9.69 Å². The van der Waals surface area contributed by atoms with Crippen molar-refractivity contribution >= 4 is 5.91 Å². The molecule has 0 unspecified atom stereocenters. The van der Waals surface area contributed by atoms with Crippen molar-refractivity contribution in [2.45, 2.75) is 51.1 Å². The molecule has 2 N–H and O–H groups in total. The van der Waals surface area contributed by atoms with E-state index in [0.717, 1.165) is 13.0 Å². The number of rotatable bonds is 6. The van der Waals surface area contributed by atoms with Crippen molar-refractivity contribution in [2.24, 2.45) is 0 Å². The highest BCUT2D eigenvalue weighted by atomic mass is 16.1. The molecule has 0 heterocycles. The average Bonchev–Trinajstić information content (AvgIpc) is 2.38. The largest absolute Gasteiger partial charge is 0.358 e. The van der Waals surface area contributed by atoms with Crippen LogP contribution in [0.4, 0.5) is 0 Å². The second-order valence-corrected chi connectivity index (χ2v) is 4.94. The number of amides is 1. The first-order valence-corrected chi connectivity index (χ1v) is 6.83. The lowest BCUT2D eigenvalue weighted by atomic mass is 9.90. The zero-order valence-corrected chi connectivity index (χ0v) is 11.5. The summed E-state index contributed by atoms with van der Waals surface area (Å²) >= 11 is 0. The monoisotopic (exact) mass is 241 g/mol. The van der Waals surface area contributed by atoms with Crippen LogP contribution in [-0.2, 0) is 4.79 Å². The van der Waals surface area contributed by atoms with Crippen LogP contribution in [0.5, 0.6) is 0 Å². The lowest BCUT2D eigenvalue weighted by Crippen LogP contribution is -2.46. The molecule has 0 aromatic rings. The molecule has 0 aliphatic heterocycles. The van der Waals surface area contributed by atoms with Gasteiger partial charge in [0.2, 0.25) is 5.91 Å². The second-order valence-electron chi connectivity index (χ2n) is 4.94. The van der Waals surface area contributed by atoms with E-state index < -0.39 is 0 Å². The third-order valence-corrected chi connectivity index (χ3v) is 3.76. The number of carbonyl (C=O) groups excluding carboxylic acids is 1. The summed E-state index contributed by atoms with van der Waals surface area (Å²) in [4.78, 5) is 13.8. The maximum Gasteiger partial charge on any atom is 0.233 e. The van der Waals surface area contributed by atoms with E-state index in [1.807, 2.05) is 7.05 Å². The second kappa shape index (κ2) is 7.67. The summed E-state index contributed by atoms with van der Waals surface area (Å²) in [7, 11) is 3.75. The standard InChI is InChI=1S/C13H27N3O/c1-4-9-16(10-13(17)15-3)12-7-5-11(14-2)6-8-12/h11-12,14H,4-10H2,1-3H3,(H,15,17). The summed E-state index contributed by atoms with van der Waals surface area (Å²) in [5, 5.41) is 6.07. The lowest BCUT2D eigenvalue weighted by molar-refractivity contribution is -0.122. The smallest absolute Gasteiger partial charge is 0.233 e. The van der Waals surface area contributed by atoms with Crippen molar-refractivity contribution in [1.29, 1.82) is 0 Å². The number of nitrogens with zero attached hydrogens (tertiary/aromatic N) is 1. The minimum absolute atomic E-state index is 0.134. The zero-order valence-electron chi connectivity index (χ0n) is 11.5. The molecule has 1 amide bonds. The molecule has 0 aromatic carbocycles. The zero-order chi connectivity index (χ0) is 12.7. The van der Waals surface area contributed by atoms with E-state index >= 15 is 0 Å². The van der Waals surface area contributed by atoms with Gasteiger partial charge >= 0.3 is 0 Å². The molecule has 1 rings (SSSR count). The average molecular weight is 241 g/mol. The van der Waals surface area contributed by atoms with Crippen LogP contribution in [0.25, 0.3) is 0 Å². The first-order valence-electron chi connectivity index (χ1n) is 6.83. The van der Waals surface area contributed by atoms with Crippen LogP contribution in [0, 0.1) is 0 Å². The predicted molar refractivity (Wildman–Crippen MR) is 71.0 cm³/mol. The van der Waals surface area contributed by atoms with Crippen molar-refractivity contribution in [3.8, 4) is 0 Å². The van der Waals surface area contributed by atoms with Gasteiger partial charge in [-0.2, -0.15) is 0 Å². The quantitative estimate of drug-likeness (QED) is 0.728. The highest BCUT2D eigenvalue weighted by Gasteiger charge is 2.25. The molecular weight excluding hydrogens is 214 g/mol. The molecule has 4 nitrogen and oxygen atoms in total. The first kappa shape index (κ1) is 14.5. The summed E-state index contributed by atoms with van der Waals surface area (Å²) < 4.78 is 0. The Kier molecular flexibility index (Phi) is 6.52. The molecule has 100 valence electrons. The van der Waals surface area contributed by atoms with E-state index in [2.05, 4.69) is 22.5 Å². The van der Waals surface area contributed by atoms with Crippen LogP contribution >= 0.6 is 0 Å². The Bertz CT molecular complexity index is 225. The number of carbonyl (C=O) groups is 1. The molecule has 0 saturated heterocycles. The van der Waals surface area contributed by atoms with E-state index in [1.165, 1.54) is 25.7 Å². The Morgan fingerprint density at radius 1 is 1.24 bits per heavy atom. The molecule has 4 heteroatoms. The fourth-order valence-corrected chi connectivity index (χ4v) is 2.67. The SMILES string of the molecule is CCCN(CC(=O)NC)C1CCC(NC)CC1. The van der Waals surface area contributed by atoms with Gasteiger partial charge in [-0.1, -0.05) is 6.92 Å². The highest BCUT2D eigenvalue weighted by Crippen LogP contribution is 2.23. The highest BCUT2D eigenvalue weighted by molar-refractivity contribution is 5.77.